The minimum atomic E-state index is -1.43. The average molecular weight is 322 g/mol. The molecule has 7 nitrogen and oxygen atoms in total. The minimum absolute atomic E-state index is 0.115. The number of nitrogens with zero attached hydrogens (tertiary/aromatic N) is 1. The molecule has 4 atom stereocenters. The number of aliphatic hydroxyl groups excluding tert-OH is 1. The zero-order valence-corrected chi connectivity index (χ0v) is 13.3. The molecule has 3 rings (SSSR count). The summed E-state index contributed by atoms with van der Waals surface area (Å²) in [6.07, 6.45) is 1.50. The first-order valence-electron chi connectivity index (χ1n) is 7.94. The summed E-state index contributed by atoms with van der Waals surface area (Å²) in [7, 11) is 0. The molecule has 0 aromatic heterocycles. The second-order valence-corrected chi connectivity index (χ2v) is 6.50. The van der Waals surface area contributed by atoms with Crippen molar-refractivity contribution >= 4 is 12.1 Å². The van der Waals surface area contributed by atoms with E-state index in [0.29, 0.717) is 12.3 Å². The van der Waals surface area contributed by atoms with Gasteiger partial charge in [-0.1, -0.05) is 6.08 Å². The second-order valence-electron chi connectivity index (χ2n) is 6.50. The number of hydrogen-bond acceptors (Lipinski definition) is 5. The molecule has 0 spiro atoms. The van der Waals surface area contributed by atoms with E-state index >= 15 is 0 Å². The van der Waals surface area contributed by atoms with Gasteiger partial charge in [0.15, 0.2) is 0 Å². The third-order valence-corrected chi connectivity index (χ3v) is 4.92. The van der Waals surface area contributed by atoms with E-state index in [4.69, 9.17) is 9.84 Å². The molecule has 3 N–H and O–H groups in total. The Morgan fingerprint density at radius 3 is 2.83 bits per heavy atom. The normalized spacial score (nSPS) is 32.0. The standard InChI is InChI=1S/C16H22N2O5/c1-8(5-10-3-4-17-7-10)11-6-12-13(9(2)19)14(20)18(12)15(11)23-16(21)22/h5,9-10,12-13,17,19H,3-4,6-7H2,1-2H3,(H,21,22)/t9-,10?,12-,13-/m1/s1. The van der Waals surface area contributed by atoms with E-state index in [1.165, 1.54) is 4.90 Å². The lowest BCUT2D eigenvalue weighted by Gasteiger charge is -2.44. The topological polar surface area (TPSA) is 99.1 Å². The van der Waals surface area contributed by atoms with Gasteiger partial charge in [-0.25, -0.2) is 4.79 Å². The summed E-state index contributed by atoms with van der Waals surface area (Å²) >= 11 is 0. The van der Waals surface area contributed by atoms with Crippen LogP contribution in [0.4, 0.5) is 4.79 Å². The van der Waals surface area contributed by atoms with Crippen LogP contribution in [0.1, 0.15) is 26.7 Å². The molecule has 0 aromatic carbocycles. The number of ether oxygens (including phenoxy) is 1. The van der Waals surface area contributed by atoms with Gasteiger partial charge in [-0.3, -0.25) is 9.69 Å². The van der Waals surface area contributed by atoms with Gasteiger partial charge >= 0.3 is 6.16 Å². The van der Waals surface area contributed by atoms with Crippen molar-refractivity contribution in [1.29, 1.82) is 0 Å². The summed E-state index contributed by atoms with van der Waals surface area (Å²) in [4.78, 5) is 24.6. The molecule has 3 aliphatic heterocycles. The van der Waals surface area contributed by atoms with Crippen LogP contribution >= 0.6 is 0 Å². The summed E-state index contributed by atoms with van der Waals surface area (Å²) in [6.45, 7) is 5.39. The Morgan fingerprint density at radius 2 is 2.26 bits per heavy atom. The Hall–Kier alpha value is -1.86. The third-order valence-electron chi connectivity index (χ3n) is 4.92. The Bertz CT molecular complexity index is 589. The summed E-state index contributed by atoms with van der Waals surface area (Å²) in [5.41, 5.74) is 1.70. The Balaban J connectivity index is 1.88. The maximum absolute atomic E-state index is 12.2. The average Bonchev–Trinajstić information content (AvgIpc) is 3.03. The number of aliphatic hydroxyl groups is 1. The van der Waals surface area contributed by atoms with E-state index in [2.05, 4.69) is 11.4 Å². The smallest absolute Gasteiger partial charge is 0.449 e. The van der Waals surface area contributed by atoms with Crippen LogP contribution < -0.4 is 5.32 Å². The number of rotatable bonds is 4. The number of fused-ring (bicyclic) bond motifs is 1. The van der Waals surface area contributed by atoms with Crippen LogP contribution in [0.2, 0.25) is 0 Å². The van der Waals surface area contributed by atoms with Gasteiger partial charge in [-0.2, -0.15) is 0 Å². The molecule has 7 heteroatoms. The van der Waals surface area contributed by atoms with Crippen LogP contribution in [0.3, 0.4) is 0 Å². The first-order chi connectivity index (χ1) is 10.9. The Morgan fingerprint density at radius 1 is 1.52 bits per heavy atom. The second kappa shape index (κ2) is 5.98. The van der Waals surface area contributed by atoms with Crippen LogP contribution in [0.5, 0.6) is 0 Å². The van der Waals surface area contributed by atoms with E-state index in [1.54, 1.807) is 6.92 Å². The highest BCUT2D eigenvalue weighted by atomic mass is 16.7. The third kappa shape index (κ3) is 2.74. The molecular formula is C16H22N2O5. The number of β-lactam (4-membered cyclic amide) rings is 1. The predicted octanol–water partition coefficient (Wildman–Crippen LogP) is 1.06. The van der Waals surface area contributed by atoms with Gasteiger partial charge in [0, 0.05) is 12.1 Å². The Labute approximate surface area is 134 Å². The van der Waals surface area contributed by atoms with Crippen molar-refractivity contribution in [3.05, 3.63) is 23.1 Å². The van der Waals surface area contributed by atoms with E-state index in [0.717, 1.165) is 30.7 Å². The van der Waals surface area contributed by atoms with Crippen molar-refractivity contribution in [1.82, 2.24) is 10.2 Å². The number of carbonyl (C=O) groups is 2. The van der Waals surface area contributed by atoms with Crippen LogP contribution in [0.15, 0.2) is 23.1 Å². The highest BCUT2D eigenvalue weighted by Gasteiger charge is 2.56. The first-order valence-corrected chi connectivity index (χ1v) is 7.94. The highest BCUT2D eigenvalue weighted by Crippen LogP contribution is 2.46. The number of allylic oxidation sites excluding steroid dienone is 1. The monoisotopic (exact) mass is 322 g/mol. The molecule has 3 heterocycles. The molecule has 0 saturated carbocycles. The molecule has 1 unspecified atom stereocenters. The fraction of sp³-hybridized carbons (Fsp3) is 0.625. The molecule has 0 aromatic rings. The number of amides is 1. The molecule has 2 fully saturated rings. The number of carboxylic acid groups (broad SMARTS) is 1. The van der Waals surface area contributed by atoms with Crippen molar-refractivity contribution < 1.29 is 24.5 Å². The molecule has 1 amide bonds. The van der Waals surface area contributed by atoms with Crippen molar-refractivity contribution in [2.75, 3.05) is 13.1 Å². The van der Waals surface area contributed by atoms with Gasteiger partial charge in [-0.15, -0.1) is 0 Å². The number of hydrogen-bond donors (Lipinski definition) is 3. The van der Waals surface area contributed by atoms with E-state index in [-0.39, 0.29) is 17.8 Å². The van der Waals surface area contributed by atoms with Crippen molar-refractivity contribution in [2.24, 2.45) is 11.8 Å². The fourth-order valence-electron chi connectivity index (χ4n) is 3.80. The van der Waals surface area contributed by atoms with Crippen LogP contribution in [-0.2, 0) is 9.53 Å². The first kappa shape index (κ1) is 16.0. The van der Waals surface area contributed by atoms with E-state index in [9.17, 15) is 14.7 Å². The zero-order chi connectivity index (χ0) is 16.7. The maximum atomic E-state index is 12.2. The van der Waals surface area contributed by atoms with Gasteiger partial charge < -0.3 is 20.3 Å². The van der Waals surface area contributed by atoms with Gasteiger partial charge in [0.05, 0.1) is 18.1 Å². The molecule has 2 saturated heterocycles. The van der Waals surface area contributed by atoms with E-state index in [1.807, 2.05) is 6.92 Å². The number of nitrogens with one attached hydrogen (secondary N) is 1. The molecule has 126 valence electrons. The summed E-state index contributed by atoms with van der Waals surface area (Å²) in [5, 5.41) is 22.0. The lowest BCUT2D eigenvalue weighted by molar-refractivity contribution is -0.160. The van der Waals surface area contributed by atoms with Crippen molar-refractivity contribution in [3.63, 3.8) is 0 Å². The predicted molar refractivity (Wildman–Crippen MR) is 81.3 cm³/mol. The van der Waals surface area contributed by atoms with Gasteiger partial charge in [0.1, 0.15) is 0 Å². The summed E-state index contributed by atoms with van der Waals surface area (Å²) < 4.78 is 4.91. The molecule has 23 heavy (non-hydrogen) atoms. The maximum Gasteiger partial charge on any atom is 0.512 e. The Kier molecular flexibility index (Phi) is 4.16. The molecule has 0 radical (unpaired) electrons. The zero-order valence-electron chi connectivity index (χ0n) is 13.3. The summed E-state index contributed by atoms with van der Waals surface area (Å²) in [5.74, 6) is -0.235. The quantitative estimate of drug-likeness (QED) is 0.529. The molecule has 0 aliphatic carbocycles. The largest absolute Gasteiger partial charge is 0.512 e. The molecule has 3 aliphatic rings. The fourth-order valence-corrected chi connectivity index (χ4v) is 3.80. The minimum Gasteiger partial charge on any atom is -0.449 e. The van der Waals surface area contributed by atoms with Crippen LogP contribution in [0, 0.1) is 11.8 Å². The lowest BCUT2D eigenvalue weighted by Crippen LogP contribution is -2.61. The molecule has 0 bridgehead atoms. The van der Waals surface area contributed by atoms with Crippen LogP contribution in [-0.4, -0.2) is 52.4 Å². The lowest BCUT2D eigenvalue weighted by atomic mass is 9.82. The molecular weight excluding hydrogens is 300 g/mol. The SMILES string of the molecule is CC(=CC1CCNC1)C1=C(OC(=O)O)N2C(=O)[C@H]([C@@H](C)O)[C@H]2C1. The van der Waals surface area contributed by atoms with Gasteiger partial charge in [0.25, 0.3) is 0 Å². The van der Waals surface area contributed by atoms with Crippen molar-refractivity contribution in [2.45, 2.75) is 38.8 Å². The highest BCUT2D eigenvalue weighted by molar-refractivity contribution is 5.90. The number of carbonyl (C=O) groups excluding carboxylic acids is 1. The van der Waals surface area contributed by atoms with Gasteiger partial charge in [0.2, 0.25) is 11.8 Å². The summed E-state index contributed by atoms with van der Waals surface area (Å²) in [6, 6.07) is -0.211. The van der Waals surface area contributed by atoms with Gasteiger partial charge in [-0.05, 0) is 44.7 Å². The van der Waals surface area contributed by atoms with E-state index < -0.39 is 18.2 Å². The van der Waals surface area contributed by atoms with Crippen LogP contribution in [0.25, 0.3) is 0 Å². The van der Waals surface area contributed by atoms with Crippen molar-refractivity contribution in [3.8, 4) is 0 Å².